The predicted molar refractivity (Wildman–Crippen MR) is 117 cm³/mol. The molecule has 0 saturated carbocycles. The SMILES string of the molecule is CCC1(c2ccc(F)cc2)NC(=O)N(CC(=O)N2CCN(Cc3ccccc3)CC2)C1=O. The molecule has 0 bridgehead atoms. The standard InChI is InChI=1S/C24H27FN4O3/c1-2-24(19-8-10-20(25)11-9-19)22(31)29(23(32)26-24)17-21(30)28-14-12-27(13-15-28)16-18-6-4-3-5-7-18/h3-11H,2,12-17H2,1H3,(H,26,32). The first-order valence-electron chi connectivity index (χ1n) is 10.9. The Hall–Kier alpha value is -3.26. The van der Waals surface area contributed by atoms with Crippen molar-refractivity contribution in [3.05, 3.63) is 71.5 Å². The number of hydrogen-bond acceptors (Lipinski definition) is 4. The van der Waals surface area contributed by atoms with Crippen LogP contribution in [0.4, 0.5) is 9.18 Å². The fourth-order valence-corrected chi connectivity index (χ4v) is 4.38. The van der Waals surface area contributed by atoms with Gasteiger partial charge in [-0.3, -0.25) is 19.4 Å². The molecule has 2 saturated heterocycles. The summed E-state index contributed by atoms with van der Waals surface area (Å²) in [5.74, 6) is -1.15. The summed E-state index contributed by atoms with van der Waals surface area (Å²) in [6, 6.07) is 15.1. The molecule has 2 aliphatic heterocycles. The van der Waals surface area contributed by atoms with Gasteiger partial charge in [0, 0.05) is 32.7 Å². The molecule has 168 valence electrons. The van der Waals surface area contributed by atoms with Crippen molar-refractivity contribution in [2.24, 2.45) is 0 Å². The summed E-state index contributed by atoms with van der Waals surface area (Å²) in [4.78, 5) is 43.6. The lowest BCUT2D eigenvalue weighted by atomic mass is 9.87. The molecule has 4 rings (SSSR count). The van der Waals surface area contributed by atoms with E-state index in [1.54, 1.807) is 11.8 Å². The summed E-state index contributed by atoms with van der Waals surface area (Å²) >= 11 is 0. The molecule has 8 heteroatoms. The lowest BCUT2D eigenvalue weighted by molar-refractivity contribution is -0.140. The first kappa shape index (κ1) is 22.0. The van der Waals surface area contributed by atoms with E-state index in [2.05, 4.69) is 22.3 Å². The quantitative estimate of drug-likeness (QED) is 0.703. The fraction of sp³-hybridized carbons (Fsp3) is 0.375. The second-order valence-corrected chi connectivity index (χ2v) is 8.23. The Morgan fingerprint density at radius 3 is 2.28 bits per heavy atom. The van der Waals surface area contributed by atoms with Gasteiger partial charge in [0.25, 0.3) is 5.91 Å². The van der Waals surface area contributed by atoms with E-state index in [4.69, 9.17) is 0 Å². The molecule has 0 aliphatic carbocycles. The van der Waals surface area contributed by atoms with Gasteiger partial charge in [-0.25, -0.2) is 9.18 Å². The van der Waals surface area contributed by atoms with Crippen molar-refractivity contribution in [1.29, 1.82) is 0 Å². The first-order chi connectivity index (χ1) is 15.4. The topological polar surface area (TPSA) is 73.0 Å². The third kappa shape index (κ3) is 4.23. The number of piperazine rings is 1. The number of nitrogens with zero attached hydrogens (tertiary/aromatic N) is 3. The Balaban J connectivity index is 1.37. The third-order valence-electron chi connectivity index (χ3n) is 6.31. The van der Waals surface area contributed by atoms with E-state index in [-0.39, 0.29) is 12.5 Å². The number of imide groups is 1. The molecular formula is C24H27FN4O3. The third-order valence-corrected chi connectivity index (χ3v) is 6.31. The summed E-state index contributed by atoms with van der Waals surface area (Å²) in [6.45, 7) is 4.86. The number of urea groups is 1. The molecule has 2 heterocycles. The maximum absolute atomic E-state index is 13.3. The predicted octanol–water partition coefficient (Wildman–Crippen LogP) is 2.33. The molecule has 4 amide bonds. The highest BCUT2D eigenvalue weighted by Crippen LogP contribution is 2.32. The average Bonchev–Trinajstić information content (AvgIpc) is 3.06. The van der Waals surface area contributed by atoms with Gasteiger partial charge in [-0.1, -0.05) is 49.4 Å². The Labute approximate surface area is 186 Å². The van der Waals surface area contributed by atoms with Gasteiger partial charge >= 0.3 is 6.03 Å². The molecule has 2 aliphatic rings. The van der Waals surface area contributed by atoms with Crippen molar-refractivity contribution in [1.82, 2.24) is 20.0 Å². The minimum atomic E-state index is -1.28. The van der Waals surface area contributed by atoms with Crippen LogP contribution in [0.1, 0.15) is 24.5 Å². The molecule has 0 spiro atoms. The number of benzene rings is 2. The Kier molecular flexibility index (Phi) is 6.23. The van der Waals surface area contributed by atoms with E-state index in [9.17, 15) is 18.8 Å². The molecule has 1 unspecified atom stereocenters. The summed E-state index contributed by atoms with van der Waals surface area (Å²) in [7, 11) is 0. The van der Waals surface area contributed by atoms with Crippen molar-refractivity contribution in [2.45, 2.75) is 25.4 Å². The van der Waals surface area contributed by atoms with Crippen LogP contribution in [-0.4, -0.2) is 65.3 Å². The van der Waals surface area contributed by atoms with E-state index in [0.717, 1.165) is 24.5 Å². The van der Waals surface area contributed by atoms with Gasteiger partial charge in [0.05, 0.1) is 0 Å². The van der Waals surface area contributed by atoms with Crippen LogP contribution in [0.3, 0.4) is 0 Å². The van der Waals surface area contributed by atoms with Gasteiger partial charge < -0.3 is 10.2 Å². The van der Waals surface area contributed by atoms with Crippen molar-refractivity contribution < 1.29 is 18.8 Å². The Morgan fingerprint density at radius 2 is 1.66 bits per heavy atom. The molecular weight excluding hydrogens is 411 g/mol. The van der Waals surface area contributed by atoms with Gasteiger partial charge in [0.15, 0.2) is 0 Å². The maximum atomic E-state index is 13.3. The van der Waals surface area contributed by atoms with E-state index in [0.29, 0.717) is 25.1 Å². The van der Waals surface area contributed by atoms with Crippen molar-refractivity contribution >= 4 is 17.8 Å². The molecule has 1 atom stereocenters. The molecule has 2 aromatic carbocycles. The van der Waals surface area contributed by atoms with E-state index in [1.807, 2.05) is 18.2 Å². The minimum absolute atomic E-state index is 0.251. The lowest BCUT2D eigenvalue weighted by Gasteiger charge is -2.35. The molecule has 32 heavy (non-hydrogen) atoms. The van der Waals surface area contributed by atoms with Crippen LogP contribution in [-0.2, 0) is 21.7 Å². The Bertz CT molecular complexity index is 990. The minimum Gasteiger partial charge on any atom is -0.339 e. The second kappa shape index (κ2) is 9.08. The molecule has 2 fully saturated rings. The van der Waals surface area contributed by atoms with Crippen molar-refractivity contribution in [3.8, 4) is 0 Å². The van der Waals surface area contributed by atoms with E-state index in [1.165, 1.54) is 29.8 Å². The second-order valence-electron chi connectivity index (χ2n) is 8.23. The van der Waals surface area contributed by atoms with Crippen LogP contribution >= 0.6 is 0 Å². The lowest BCUT2D eigenvalue weighted by Crippen LogP contribution is -2.51. The number of hydrogen-bond donors (Lipinski definition) is 1. The van der Waals surface area contributed by atoms with Crippen LogP contribution in [0.15, 0.2) is 54.6 Å². The highest BCUT2D eigenvalue weighted by Gasteiger charge is 2.51. The number of nitrogens with one attached hydrogen (secondary N) is 1. The zero-order valence-electron chi connectivity index (χ0n) is 18.1. The molecule has 2 aromatic rings. The normalized spacial score (nSPS) is 21.7. The monoisotopic (exact) mass is 438 g/mol. The summed E-state index contributed by atoms with van der Waals surface area (Å²) in [5.41, 5.74) is 0.451. The summed E-state index contributed by atoms with van der Waals surface area (Å²) in [6.07, 6.45) is 0.298. The van der Waals surface area contributed by atoms with Crippen LogP contribution in [0.25, 0.3) is 0 Å². The van der Waals surface area contributed by atoms with Gasteiger partial charge in [0.1, 0.15) is 17.9 Å². The van der Waals surface area contributed by atoms with Crippen LogP contribution in [0, 0.1) is 5.82 Å². The van der Waals surface area contributed by atoms with Crippen LogP contribution < -0.4 is 5.32 Å². The maximum Gasteiger partial charge on any atom is 0.325 e. The number of rotatable bonds is 6. The smallest absolute Gasteiger partial charge is 0.325 e. The number of carbonyl (C=O) groups excluding carboxylic acids is 3. The molecule has 1 N–H and O–H groups in total. The van der Waals surface area contributed by atoms with E-state index >= 15 is 0 Å². The highest BCUT2D eigenvalue weighted by atomic mass is 19.1. The zero-order chi connectivity index (χ0) is 22.7. The molecule has 0 radical (unpaired) electrons. The fourth-order valence-electron chi connectivity index (χ4n) is 4.38. The highest BCUT2D eigenvalue weighted by molar-refractivity contribution is 6.09. The average molecular weight is 439 g/mol. The van der Waals surface area contributed by atoms with Crippen LogP contribution in [0.5, 0.6) is 0 Å². The zero-order valence-corrected chi connectivity index (χ0v) is 18.1. The van der Waals surface area contributed by atoms with Crippen molar-refractivity contribution in [2.75, 3.05) is 32.7 Å². The first-order valence-corrected chi connectivity index (χ1v) is 10.9. The largest absolute Gasteiger partial charge is 0.339 e. The van der Waals surface area contributed by atoms with Gasteiger partial charge in [-0.15, -0.1) is 0 Å². The summed E-state index contributed by atoms with van der Waals surface area (Å²) < 4.78 is 13.3. The van der Waals surface area contributed by atoms with Gasteiger partial charge in [0.2, 0.25) is 5.91 Å². The van der Waals surface area contributed by atoms with Gasteiger partial charge in [-0.05, 0) is 29.7 Å². The van der Waals surface area contributed by atoms with E-state index < -0.39 is 23.3 Å². The summed E-state index contributed by atoms with van der Waals surface area (Å²) in [5, 5.41) is 2.73. The molecule has 7 nitrogen and oxygen atoms in total. The number of amides is 4. The number of carbonyl (C=O) groups is 3. The van der Waals surface area contributed by atoms with Crippen molar-refractivity contribution in [3.63, 3.8) is 0 Å². The van der Waals surface area contributed by atoms with Gasteiger partial charge in [-0.2, -0.15) is 0 Å². The molecule has 0 aromatic heterocycles. The Morgan fingerprint density at radius 1 is 1.00 bits per heavy atom. The number of halogens is 1. The van der Waals surface area contributed by atoms with Crippen LogP contribution in [0.2, 0.25) is 0 Å².